The van der Waals surface area contributed by atoms with Crippen LogP contribution in [0.25, 0.3) is 0 Å². The van der Waals surface area contributed by atoms with Crippen molar-refractivity contribution in [1.29, 1.82) is 0 Å². The maximum absolute atomic E-state index is 12.3. The molecule has 0 bridgehead atoms. The molecule has 0 fully saturated rings. The molecule has 0 aliphatic rings. The highest BCUT2D eigenvalue weighted by atomic mass is 19.4. The Bertz CT molecular complexity index is 195. The van der Waals surface area contributed by atoms with Gasteiger partial charge in [-0.25, -0.2) is 0 Å². The standard InChI is InChI=1S/C12H26F3N3/c1-4-8-18(11-12(13,14)15)10-7-16-6-5-9-17(2)3/h16H,4-11H2,1-3H3. The SMILES string of the molecule is CCCN(CCNCCCN(C)C)CC(F)(F)F. The molecule has 0 saturated carbocycles. The Labute approximate surface area is 108 Å². The summed E-state index contributed by atoms with van der Waals surface area (Å²) in [6.07, 6.45) is -2.34. The highest BCUT2D eigenvalue weighted by Gasteiger charge is 2.29. The molecule has 6 heteroatoms. The molecule has 0 aromatic carbocycles. The number of nitrogens with one attached hydrogen (secondary N) is 1. The van der Waals surface area contributed by atoms with Crippen LogP contribution in [-0.2, 0) is 0 Å². The van der Waals surface area contributed by atoms with Gasteiger partial charge in [-0.15, -0.1) is 0 Å². The normalized spacial score (nSPS) is 12.7. The van der Waals surface area contributed by atoms with Crippen molar-refractivity contribution in [3.63, 3.8) is 0 Å². The van der Waals surface area contributed by atoms with Crippen LogP contribution in [0.2, 0.25) is 0 Å². The maximum Gasteiger partial charge on any atom is 0.401 e. The van der Waals surface area contributed by atoms with Gasteiger partial charge in [0.2, 0.25) is 0 Å². The van der Waals surface area contributed by atoms with Gasteiger partial charge >= 0.3 is 6.18 Å². The lowest BCUT2D eigenvalue weighted by atomic mass is 10.3. The maximum atomic E-state index is 12.3. The van der Waals surface area contributed by atoms with E-state index in [4.69, 9.17) is 0 Å². The van der Waals surface area contributed by atoms with Crippen molar-refractivity contribution in [3.05, 3.63) is 0 Å². The molecule has 0 aromatic heterocycles. The topological polar surface area (TPSA) is 18.5 Å². The number of alkyl halides is 3. The fraction of sp³-hybridized carbons (Fsp3) is 1.00. The van der Waals surface area contributed by atoms with Crippen LogP contribution in [0.1, 0.15) is 19.8 Å². The summed E-state index contributed by atoms with van der Waals surface area (Å²) in [5.74, 6) is 0. The van der Waals surface area contributed by atoms with Gasteiger partial charge in [-0.3, -0.25) is 4.90 Å². The van der Waals surface area contributed by atoms with E-state index in [9.17, 15) is 13.2 Å². The molecule has 0 saturated heterocycles. The van der Waals surface area contributed by atoms with Gasteiger partial charge < -0.3 is 10.2 Å². The predicted molar refractivity (Wildman–Crippen MR) is 68.8 cm³/mol. The average Bonchev–Trinajstić information content (AvgIpc) is 2.20. The minimum atomic E-state index is -4.10. The van der Waals surface area contributed by atoms with E-state index in [-0.39, 0.29) is 0 Å². The second-order valence-corrected chi connectivity index (χ2v) is 4.80. The van der Waals surface area contributed by atoms with Crippen molar-refractivity contribution in [2.75, 3.05) is 53.4 Å². The first-order chi connectivity index (χ1) is 8.35. The van der Waals surface area contributed by atoms with Crippen LogP contribution >= 0.6 is 0 Å². The van der Waals surface area contributed by atoms with Crippen molar-refractivity contribution in [2.45, 2.75) is 25.9 Å². The second kappa shape index (κ2) is 9.58. The third-order valence-corrected chi connectivity index (χ3v) is 2.51. The molecule has 3 nitrogen and oxygen atoms in total. The summed E-state index contributed by atoms with van der Waals surface area (Å²) < 4.78 is 36.8. The van der Waals surface area contributed by atoms with Crippen LogP contribution in [-0.4, -0.2) is 69.3 Å². The Morgan fingerprint density at radius 3 is 2.17 bits per heavy atom. The molecule has 110 valence electrons. The van der Waals surface area contributed by atoms with E-state index < -0.39 is 12.7 Å². The Kier molecular flexibility index (Phi) is 9.40. The summed E-state index contributed by atoms with van der Waals surface area (Å²) in [7, 11) is 4.01. The largest absolute Gasteiger partial charge is 0.401 e. The smallest absolute Gasteiger partial charge is 0.315 e. The molecule has 0 aliphatic heterocycles. The van der Waals surface area contributed by atoms with Crippen LogP contribution in [0, 0.1) is 0 Å². The Morgan fingerprint density at radius 1 is 1.00 bits per heavy atom. The molecule has 0 amide bonds. The first-order valence-corrected chi connectivity index (χ1v) is 6.49. The number of nitrogens with zero attached hydrogens (tertiary/aromatic N) is 2. The molecule has 1 N–H and O–H groups in total. The number of hydrogen-bond acceptors (Lipinski definition) is 3. The van der Waals surface area contributed by atoms with Crippen LogP contribution in [0.15, 0.2) is 0 Å². The Hall–Kier alpha value is -0.330. The lowest BCUT2D eigenvalue weighted by molar-refractivity contribution is -0.145. The van der Waals surface area contributed by atoms with Gasteiger partial charge in [-0.05, 0) is 46.6 Å². The zero-order valence-corrected chi connectivity index (χ0v) is 11.7. The van der Waals surface area contributed by atoms with Gasteiger partial charge in [0.05, 0.1) is 6.54 Å². The van der Waals surface area contributed by atoms with E-state index >= 15 is 0 Å². The lowest BCUT2D eigenvalue weighted by Gasteiger charge is -2.23. The third-order valence-electron chi connectivity index (χ3n) is 2.51. The van der Waals surface area contributed by atoms with E-state index in [2.05, 4.69) is 10.2 Å². The summed E-state index contributed by atoms with van der Waals surface area (Å²) in [4.78, 5) is 3.55. The van der Waals surface area contributed by atoms with Crippen LogP contribution in [0.5, 0.6) is 0 Å². The van der Waals surface area contributed by atoms with Gasteiger partial charge in [0.15, 0.2) is 0 Å². The molecule has 0 aromatic rings. The average molecular weight is 269 g/mol. The highest BCUT2D eigenvalue weighted by Crippen LogP contribution is 2.16. The van der Waals surface area contributed by atoms with E-state index in [1.165, 1.54) is 4.90 Å². The van der Waals surface area contributed by atoms with E-state index in [0.29, 0.717) is 19.6 Å². The molecule has 0 atom stereocenters. The molecular weight excluding hydrogens is 243 g/mol. The minimum Gasteiger partial charge on any atom is -0.315 e. The van der Waals surface area contributed by atoms with Crippen LogP contribution in [0.3, 0.4) is 0 Å². The van der Waals surface area contributed by atoms with Crippen molar-refractivity contribution in [3.8, 4) is 0 Å². The first kappa shape index (κ1) is 17.7. The summed E-state index contributed by atoms with van der Waals surface area (Å²) in [5, 5.41) is 3.18. The monoisotopic (exact) mass is 269 g/mol. The van der Waals surface area contributed by atoms with E-state index in [1.54, 1.807) is 0 Å². The number of hydrogen-bond donors (Lipinski definition) is 1. The van der Waals surface area contributed by atoms with Gasteiger partial charge in [0.25, 0.3) is 0 Å². The molecule has 0 radical (unpaired) electrons. The summed E-state index contributed by atoms with van der Waals surface area (Å²) in [6, 6.07) is 0. The van der Waals surface area contributed by atoms with Gasteiger partial charge in [0, 0.05) is 13.1 Å². The summed E-state index contributed by atoms with van der Waals surface area (Å²) in [6.45, 7) is 4.50. The van der Waals surface area contributed by atoms with E-state index in [1.807, 2.05) is 21.0 Å². The molecule has 0 heterocycles. The zero-order valence-electron chi connectivity index (χ0n) is 11.7. The molecule has 0 aliphatic carbocycles. The third kappa shape index (κ3) is 12.1. The molecule has 0 unspecified atom stereocenters. The fourth-order valence-electron chi connectivity index (χ4n) is 1.72. The van der Waals surface area contributed by atoms with Crippen molar-refractivity contribution < 1.29 is 13.2 Å². The van der Waals surface area contributed by atoms with Gasteiger partial charge in [-0.2, -0.15) is 13.2 Å². The minimum absolute atomic E-state index is 0.454. The molecule has 0 spiro atoms. The Balaban J connectivity index is 3.64. The molecular formula is C12H26F3N3. The van der Waals surface area contributed by atoms with Crippen molar-refractivity contribution >= 4 is 0 Å². The van der Waals surface area contributed by atoms with Crippen molar-refractivity contribution in [1.82, 2.24) is 15.1 Å². The van der Waals surface area contributed by atoms with E-state index in [0.717, 1.165) is 25.9 Å². The predicted octanol–water partition coefficient (Wildman–Crippen LogP) is 1.80. The van der Waals surface area contributed by atoms with Crippen molar-refractivity contribution in [2.24, 2.45) is 0 Å². The summed E-state index contributed by atoms with van der Waals surface area (Å²) >= 11 is 0. The van der Waals surface area contributed by atoms with Crippen LogP contribution in [0.4, 0.5) is 13.2 Å². The molecule has 0 rings (SSSR count). The second-order valence-electron chi connectivity index (χ2n) is 4.80. The number of rotatable bonds is 10. The highest BCUT2D eigenvalue weighted by molar-refractivity contribution is 4.64. The first-order valence-electron chi connectivity index (χ1n) is 6.49. The fourth-order valence-corrected chi connectivity index (χ4v) is 1.72. The quantitative estimate of drug-likeness (QED) is 0.610. The zero-order chi connectivity index (χ0) is 14.0. The van der Waals surface area contributed by atoms with Crippen LogP contribution < -0.4 is 5.32 Å². The number of halogens is 3. The van der Waals surface area contributed by atoms with Gasteiger partial charge in [-0.1, -0.05) is 6.92 Å². The summed E-state index contributed by atoms with van der Waals surface area (Å²) in [5.41, 5.74) is 0. The lowest BCUT2D eigenvalue weighted by Crippen LogP contribution is -2.39. The van der Waals surface area contributed by atoms with Gasteiger partial charge in [0.1, 0.15) is 0 Å². The Morgan fingerprint density at radius 2 is 1.67 bits per heavy atom. The molecule has 18 heavy (non-hydrogen) atoms.